The lowest BCUT2D eigenvalue weighted by atomic mass is 10.0. The predicted octanol–water partition coefficient (Wildman–Crippen LogP) is 6.60. The molecule has 1 aliphatic rings. The van der Waals surface area contributed by atoms with Crippen LogP contribution < -0.4 is 4.90 Å². The molecule has 4 rings (SSSR count). The van der Waals surface area contributed by atoms with Gasteiger partial charge in [-0.25, -0.2) is 4.79 Å². The van der Waals surface area contributed by atoms with Crippen LogP contribution in [0.2, 0.25) is 5.02 Å². The van der Waals surface area contributed by atoms with E-state index in [2.05, 4.69) is 41.3 Å². The lowest BCUT2D eigenvalue weighted by molar-refractivity contribution is 0.00695. The quantitative estimate of drug-likeness (QED) is 0.446. The van der Waals surface area contributed by atoms with E-state index in [0.29, 0.717) is 11.6 Å². The van der Waals surface area contributed by atoms with Gasteiger partial charge in [-0.1, -0.05) is 41.9 Å². The first-order valence-electron chi connectivity index (χ1n) is 10.3. The molecule has 0 saturated carbocycles. The van der Waals surface area contributed by atoms with E-state index < -0.39 is 5.60 Å². The summed E-state index contributed by atoms with van der Waals surface area (Å²) in [4.78, 5) is 14.7. The van der Waals surface area contributed by atoms with Crippen molar-refractivity contribution < 1.29 is 9.53 Å². The molecule has 0 amide bonds. The molecule has 3 aromatic carbocycles. The number of fused-ring (bicyclic) bond motifs is 1. The second-order valence-corrected chi connectivity index (χ2v) is 9.17. The lowest BCUT2D eigenvalue weighted by Crippen LogP contribution is -2.29. The summed E-state index contributed by atoms with van der Waals surface area (Å²) in [6.45, 7) is 5.63. The Morgan fingerprint density at radius 2 is 1.67 bits per heavy atom. The van der Waals surface area contributed by atoms with E-state index in [0.717, 1.165) is 23.6 Å². The molecule has 1 aliphatic heterocycles. The monoisotopic (exact) mass is 419 g/mol. The fourth-order valence-electron chi connectivity index (χ4n) is 3.96. The van der Waals surface area contributed by atoms with Crippen molar-refractivity contribution in [3.8, 4) is 0 Å². The molecule has 0 aromatic heterocycles. The van der Waals surface area contributed by atoms with E-state index in [1.54, 1.807) is 0 Å². The van der Waals surface area contributed by atoms with Gasteiger partial charge in [0.05, 0.1) is 5.56 Å². The number of benzene rings is 3. The topological polar surface area (TPSA) is 29.5 Å². The zero-order valence-electron chi connectivity index (χ0n) is 17.6. The minimum Gasteiger partial charge on any atom is -0.456 e. The number of ether oxygens (including phenoxy) is 1. The van der Waals surface area contributed by atoms with Gasteiger partial charge in [0, 0.05) is 22.4 Å². The molecular formula is C26H26ClNO2. The van der Waals surface area contributed by atoms with Crippen molar-refractivity contribution in [1.82, 2.24) is 0 Å². The van der Waals surface area contributed by atoms with Crippen LogP contribution in [0.15, 0.2) is 72.8 Å². The highest BCUT2D eigenvalue weighted by atomic mass is 35.5. The zero-order chi connectivity index (χ0) is 21.3. The first-order chi connectivity index (χ1) is 14.3. The van der Waals surface area contributed by atoms with Crippen LogP contribution in [-0.4, -0.2) is 17.6 Å². The largest absolute Gasteiger partial charge is 0.456 e. The van der Waals surface area contributed by atoms with Gasteiger partial charge in [-0.05, 0) is 87.2 Å². The molecule has 1 unspecified atom stereocenters. The van der Waals surface area contributed by atoms with Crippen LogP contribution in [0.25, 0.3) is 0 Å². The number of halogens is 1. The first-order valence-corrected chi connectivity index (χ1v) is 10.6. The zero-order valence-corrected chi connectivity index (χ0v) is 18.3. The highest BCUT2D eigenvalue weighted by molar-refractivity contribution is 6.30. The maximum atomic E-state index is 12.3. The summed E-state index contributed by atoms with van der Waals surface area (Å²) in [5.41, 5.74) is 5.01. The second-order valence-electron chi connectivity index (χ2n) is 8.74. The molecule has 4 heteroatoms. The molecule has 30 heavy (non-hydrogen) atoms. The molecule has 3 nitrogen and oxygen atoms in total. The normalized spacial score (nSPS) is 15.7. The van der Waals surface area contributed by atoms with Gasteiger partial charge in [-0.15, -0.1) is 0 Å². The van der Waals surface area contributed by atoms with Crippen molar-refractivity contribution in [2.45, 2.75) is 45.3 Å². The van der Waals surface area contributed by atoms with Gasteiger partial charge in [0.15, 0.2) is 0 Å². The Morgan fingerprint density at radius 3 is 2.33 bits per heavy atom. The van der Waals surface area contributed by atoms with E-state index in [4.69, 9.17) is 16.3 Å². The van der Waals surface area contributed by atoms with Crippen molar-refractivity contribution in [3.05, 3.63) is 94.5 Å². The van der Waals surface area contributed by atoms with Crippen LogP contribution in [0.3, 0.4) is 0 Å². The van der Waals surface area contributed by atoms with Gasteiger partial charge in [0.1, 0.15) is 5.60 Å². The molecule has 154 valence electrons. The van der Waals surface area contributed by atoms with Crippen molar-refractivity contribution in [2.24, 2.45) is 0 Å². The van der Waals surface area contributed by atoms with Gasteiger partial charge < -0.3 is 9.64 Å². The van der Waals surface area contributed by atoms with Crippen LogP contribution in [0, 0.1) is 0 Å². The minimum atomic E-state index is -0.496. The molecule has 0 spiro atoms. The third kappa shape index (κ3) is 4.52. The number of esters is 1. The predicted molar refractivity (Wildman–Crippen MR) is 123 cm³/mol. The highest BCUT2D eigenvalue weighted by Gasteiger charge is 2.30. The third-order valence-corrected chi connectivity index (χ3v) is 5.49. The summed E-state index contributed by atoms with van der Waals surface area (Å²) in [7, 11) is 0. The summed E-state index contributed by atoms with van der Waals surface area (Å²) in [6.07, 6.45) is 1.86. The molecule has 3 aromatic rings. The van der Waals surface area contributed by atoms with Gasteiger partial charge >= 0.3 is 5.97 Å². The number of anilines is 2. The van der Waals surface area contributed by atoms with Crippen molar-refractivity contribution >= 4 is 28.9 Å². The standard InChI is InChI=1S/C26H26ClNO2/c1-26(2,3)30-25(29)19-10-8-18(9-11-19)16-23-17-20-6-4-5-7-24(20)28(23)22-14-12-21(27)13-15-22/h4-15,23H,16-17H2,1-3H3. The van der Waals surface area contributed by atoms with Gasteiger partial charge in [0.2, 0.25) is 0 Å². The minimum absolute atomic E-state index is 0.287. The summed E-state index contributed by atoms with van der Waals surface area (Å²) >= 11 is 6.11. The maximum absolute atomic E-state index is 12.3. The molecule has 0 aliphatic carbocycles. The number of carbonyl (C=O) groups is 1. The fourth-order valence-corrected chi connectivity index (χ4v) is 4.09. The van der Waals surface area contributed by atoms with Crippen LogP contribution >= 0.6 is 11.6 Å². The summed E-state index contributed by atoms with van der Waals surface area (Å²) in [5, 5.41) is 0.737. The summed E-state index contributed by atoms with van der Waals surface area (Å²) in [5.74, 6) is -0.287. The van der Waals surface area contributed by atoms with E-state index in [1.807, 2.05) is 57.2 Å². The number of carbonyl (C=O) groups excluding carboxylic acids is 1. The van der Waals surface area contributed by atoms with Gasteiger partial charge in [0.25, 0.3) is 0 Å². The number of hydrogen-bond donors (Lipinski definition) is 0. The Balaban J connectivity index is 1.56. The average molecular weight is 420 g/mol. The Bertz CT molecular complexity index is 1040. The molecular weight excluding hydrogens is 394 g/mol. The lowest BCUT2D eigenvalue weighted by Gasteiger charge is -2.28. The molecule has 0 fully saturated rings. The SMILES string of the molecule is CC(C)(C)OC(=O)c1ccc(CC2Cc3ccccc3N2c2ccc(Cl)cc2)cc1. The van der Waals surface area contributed by atoms with Gasteiger partial charge in [-0.2, -0.15) is 0 Å². The molecule has 1 heterocycles. The maximum Gasteiger partial charge on any atom is 0.338 e. The van der Waals surface area contributed by atoms with Crippen molar-refractivity contribution in [2.75, 3.05) is 4.90 Å². The van der Waals surface area contributed by atoms with Crippen LogP contribution in [0.5, 0.6) is 0 Å². The highest BCUT2D eigenvalue weighted by Crippen LogP contribution is 2.39. The first kappa shape index (κ1) is 20.5. The smallest absolute Gasteiger partial charge is 0.338 e. The molecule has 1 atom stereocenters. The summed E-state index contributed by atoms with van der Waals surface area (Å²) < 4.78 is 5.47. The van der Waals surface area contributed by atoms with E-state index in [1.165, 1.54) is 16.8 Å². The van der Waals surface area contributed by atoms with E-state index >= 15 is 0 Å². The Morgan fingerprint density at radius 1 is 1.00 bits per heavy atom. The third-order valence-electron chi connectivity index (χ3n) is 5.24. The van der Waals surface area contributed by atoms with Crippen molar-refractivity contribution in [3.63, 3.8) is 0 Å². The average Bonchev–Trinajstić information content (AvgIpc) is 3.06. The molecule has 0 bridgehead atoms. The Kier molecular flexibility index (Phi) is 5.57. The van der Waals surface area contributed by atoms with Gasteiger partial charge in [-0.3, -0.25) is 0 Å². The number of hydrogen-bond acceptors (Lipinski definition) is 3. The van der Waals surface area contributed by atoms with Crippen molar-refractivity contribution in [1.29, 1.82) is 0 Å². The van der Waals surface area contributed by atoms with Crippen LogP contribution in [-0.2, 0) is 17.6 Å². The number of nitrogens with zero attached hydrogens (tertiary/aromatic N) is 1. The Labute approximate surface area is 183 Å². The number of para-hydroxylation sites is 1. The Hall–Kier alpha value is -2.78. The number of rotatable bonds is 4. The fraction of sp³-hybridized carbons (Fsp3) is 0.269. The van der Waals surface area contributed by atoms with E-state index in [-0.39, 0.29) is 5.97 Å². The second kappa shape index (κ2) is 8.16. The molecule has 0 radical (unpaired) electrons. The van der Waals surface area contributed by atoms with Crippen LogP contribution in [0.4, 0.5) is 11.4 Å². The molecule has 0 saturated heterocycles. The van der Waals surface area contributed by atoms with Crippen LogP contribution in [0.1, 0.15) is 42.3 Å². The summed E-state index contributed by atoms with van der Waals surface area (Å²) in [6, 6.07) is 24.6. The molecule has 0 N–H and O–H groups in total. The van der Waals surface area contributed by atoms with E-state index in [9.17, 15) is 4.79 Å².